The molecule has 0 spiro atoms. The van der Waals surface area contributed by atoms with E-state index in [0.29, 0.717) is 92.7 Å². The van der Waals surface area contributed by atoms with Gasteiger partial charge in [0.2, 0.25) is 23.7 Å². The summed E-state index contributed by atoms with van der Waals surface area (Å²) in [6.07, 6.45) is 0.552. The maximum absolute atomic E-state index is 10.9. The predicted octanol–water partition coefficient (Wildman–Crippen LogP) is 29.1. The first-order valence-corrected chi connectivity index (χ1v) is 47.4. The van der Waals surface area contributed by atoms with E-state index >= 15 is 0 Å². The third-order valence-electron chi connectivity index (χ3n) is 18.9. The summed E-state index contributed by atoms with van der Waals surface area (Å²) < 4.78 is 25.3. The van der Waals surface area contributed by atoms with Gasteiger partial charge in [0.25, 0.3) is 6.47 Å². The number of hydrogen-bond donors (Lipinski definition) is 5. The third-order valence-corrected chi connectivity index (χ3v) is 24.1. The summed E-state index contributed by atoms with van der Waals surface area (Å²) in [5.41, 5.74) is 22.6. The van der Waals surface area contributed by atoms with E-state index in [9.17, 15) is 39.1 Å². The van der Waals surface area contributed by atoms with Crippen LogP contribution in [0.3, 0.4) is 0 Å². The second-order valence-electron chi connectivity index (χ2n) is 26.4. The quantitative estimate of drug-likeness (QED) is 0.0330. The number of aromatic nitrogens is 3. The molecule has 2 amide bonds. The number of rotatable bonds is 12. The SMILES string of the molecule is C.NC(=O)c1cc(Br)c(NC=O)cc1Br.O=COc1cc(Br)c(C(=O)O)cc1Br.O=P(Cl)(Cl)Cl.OB(O)c1cccc(-n2c3ccccc3c3ccccc32)c1.[C-]#[N+]c1cc(-c2cccc(-n3c4ccccc4c4ccccc43)c2)c(C#N)cc1-c1cccc(-n2c3ccccc3c3ccccc32)c1.[C-]#[N+]c1cc(Br)c(C#N)cc1Br.[C-]#[N+]c1cc(Br)c(C#N)cc1Br. The van der Waals surface area contributed by atoms with Gasteiger partial charge in [0.05, 0.1) is 96.9 Å². The van der Waals surface area contributed by atoms with E-state index in [1.54, 1.807) is 36.4 Å². The van der Waals surface area contributed by atoms with Crippen LogP contribution in [0.25, 0.3) is 119 Å². The molecule has 128 heavy (non-hydrogen) atoms. The number of para-hydroxylation sites is 6. The molecule has 0 fully saturated rings. The number of primary amides is 1. The Hall–Kier alpha value is -11.8. The number of carbonyl (C=O) groups excluding carboxylic acids is 3. The molecule has 0 aliphatic heterocycles. The van der Waals surface area contributed by atoms with Crippen molar-refractivity contribution in [3.05, 3.63) is 377 Å². The molecule has 0 aliphatic rings. The van der Waals surface area contributed by atoms with Crippen molar-refractivity contribution in [2.75, 3.05) is 5.32 Å². The van der Waals surface area contributed by atoms with Crippen molar-refractivity contribution in [2.24, 2.45) is 5.73 Å². The minimum absolute atomic E-state index is 0. The number of nitrogens with two attached hydrogens (primary N) is 1. The Kier molecular flexibility index (Phi) is 34.8. The molecule has 0 saturated heterocycles. The monoisotopic (exact) mass is 2270 g/mol. The maximum atomic E-state index is 10.9. The summed E-state index contributed by atoms with van der Waals surface area (Å²) in [7, 11) is -1.46. The Morgan fingerprint density at radius 1 is 0.430 bits per heavy atom. The highest BCUT2D eigenvalue weighted by molar-refractivity contribution is 9.12. The van der Waals surface area contributed by atoms with Crippen LogP contribution in [0.5, 0.6) is 5.75 Å². The minimum atomic E-state index is -3.22. The number of nitriles is 3. The summed E-state index contributed by atoms with van der Waals surface area (Å²) in [4.78, 5) is 52.4. The van der Waals surface area contributed by atoms with Crippen molar-refractivity contribution in [2.45, 2.75) is 7.43 Å². The molecule has 0 unspecified atom stereocenters. The first-order chi connectivity index (χ1) is 61.0. The zero-order valence-electron chi connectivity index (χ0n) is 64.8. The molecule has 3 heterocycles. The van der Waals surface area contributed by atoms with Crippen LogP contribution in [0.2, 0.25) is 0 Å². The van der Waals surface area contributed by atoms with Gasteiger partial charge in [0.15, 0.2) is 5.69 Å². The van der Waals surface area contributed by atoms with Crippen LogP contribution < -0.4 is 21.3 Å². The summed E-state index contributed by atoms with van der Waals surface area (Å²) in [6, 6.07) is 96.6. The number of ether oxygens (including phenoxy) is 1. The van der Waals surface area contributed by atoms with E-state index in [0.717, 1.165) is 72.4 Å². The van der Waals surface area contributed by atoms with E-state index < -0.39 is 24.2 Å². The average Bonchev–Trinajstić information content (AvgIpc) is 1.60. The number of carboxylic acids is 1. The van der Waals surface area contributed by atoms with Crippen LogP contribution >= 0.6 is 166 Å². The first kappa shape index (κ1) is 98.4. The molecular weight excluding hydrogens is 2230 g/mol. The van der Waals surface area contributed by atoms with Gasteiger partial charge in [-0.2, -0.15) is 15.8 Å². The Morgan fingerprint density at radius 3 is 1.14 bits per heavy atom. The third kappa shape index (κ3) is 23.4. The van der Waals surface area contributed by atoms with Crippen molar-refractivity contribution in [1.29, 1.82) is 15.8 Å². The van der Waals surface area contributed by atoms with Gasteiger partial charge < -0.3 is 44.6 Å². The number of benzene rings is 14. The number of halogens is 11. The number of aromatic carboxylic acids is 1. The number of amides is 2. The Morgan fingerprint density at radius 2 is 0.789 bits per heavy atom. The highest BCUT2D eigenvalue weighted by atomic mass is 79.9. The van der Waals surface area contributed by atoms with Crippen LogP contribution in [-0.2, 0) is 14.2 Å². The van der Waals surface area contributed by atoms with Gasteiger partial charge >= 0.3 is 18.3 Å². The van der Waals surface area contributed by atoms with Crippen LogP contribution in [-0.4, -0.2) is 60.7 Å². The number of fused-ring (bicyclic) bond motifs is 9. The standard InChI is InChI=1S/C44H26N4.C18H14BNO2.C8H6Br2N2O2.2C8H2Br2N2.C8H4Br2O4.CH4.Cl3OP/c1-46-40-27-38(29-12-10-14-32(24-29)47-41-20-6-2-16-34(41)35-17-3-7-21-42(35)47)31(28-45)26-39(40)30-13-11-15-33(25-30)48-43-22-8-4-18-36(43)37-19-5-9-23-44(37)48;21-19(22)13-6-5-7-14(12-13)20-17-10-3-1-8-15(17)16-9-2-4-11-18(16)20;9-5-2-7(12-3-13)6(10)1-4(5)8(11)14;2*1-12-8-3-6(9)5(4-11)2-7(8)10;9-5-2-7(14-3-11)6(10)1-4(5)8(12)13;;1-5(2,3)4/h2-27H;1-12,21-22H;1-3H,(H2,11,14)(H,12,13);2*2-3H;1-3H,(H,12,13);1H4;. The number of nitrogens with zero attached hydrogens (tertiary/aromatic N) is 9. The van der Waals surface area contributed by atoms with Gasteiger partial charge in [-0.05, 0) is 259 Å². The molecule has 17 rings (SSSR count). The van der Waals surface area contributed by atoms with E-state index in [1.807, 2.05) is 91.0 Å². The number of hydrogen-bond acceptors (Lipinski definition) is 11. The van der Waals surface area contributed by atoms with E-state index in [-0.39, 0.29) is 25.2 Å². The summed E-state index contributed by atoms with van der Waals surface area (Å²) in [5.74, 6) is -1.33. The highest BCUT2D eigenvalue weighted by Gasteiger charge is 2.22. The largest absolute Gasteiger partial charge is 0.488 e. The van der Waals surface area contributed by atoms with Crippen molar-refractivity contribution in [3.8, 4) is 63.3 Å². The lowest BCUT2D eigenvalue weighted by molar-refractivity contribution is -0.120. The van der Waals surface area contributed by atoms with Gasteiger partial charge in [0, 0.05) is 80.7 Å². The van der Waals surface area contributed by atoms with Crippen LogP contribution in [0.1, 0.15) is 44.8 Å². The Bertz CT molecular complexity index is 6940. The van der Waals surface area contributed by atoms with Gasteiger partial charge in [-0.25, -0.2) is 19.3 Å². The second-order valence-corrected chi connectivity index (χ2v) is 39.9. The molecule has 14 aromatic carbocycles. The van der Waals surface area contributed by atoms with Crippen LogP contribution in [0.15, 0.2) is 315 Å². The zero-order chi connectivity index (χ0) is 91.5. The smallest absolute Gasteiger partial charge is 0.478 e. The molecule has 0 saturated carbocycles. The molecular formula is C95H58BBr8Cl3N11O9P. The summed E-state index contributed by atoms with van der Waals surface area (Å²) in [5, 5.41) is 61.7. The molecule has 0 radical (unpaired) electrons. The van der Waals surface area contributed by atoms with Crippen LogP contribution in [0.4, 0.5) is 22.7 Å². The van der Waals surface area contributed by atoms with Crippen molar-refractivity contribution in [3.63, 3.8) is 0 Å². The number of nitrogens with one attached hydrogen (secondary N) is 1. The molecule has 17 aromatic rings. The van der Waals surface area contributed by atoms with Crippen LogP contribution in [0, 0.1) is 53.7 Å². The lowest BCUT2D eigenvalue weighted by atomic mass is 9.80. The average molecular weight is 2280 g/mol. The predicted molar refractivity (Wildman–Crippen MR) is 541 cm³/mol. The normalized spacial score (nSPS) is 10.3. The molecule has 3 aromatic heterocycles. The molecule has 0 bridgehead atoms. The Labute approximate surface area is 815 Å². The fourth-order valence-corrected chi connectivity index (χ4v) is 17.1. The van der Waals surface area contributed by atoms with Crippen molar-refractivity contribution in [1.82, 2.24) is 13.7 Å². The highest BCUT2D eigenvalue weighted by Crippen LogP contribution is 2.61. The van der Waals surface area contributed by atoms with Gasteiger partial charge in [0.1, 0.15) is 17.9 Å². The Balaban J connectivity index is 0.000000177. The fourth-order valence-electron chi connectivity index (χ4n) is 13.5. The van der Waals surface area contributed by atoms with Crippen molar-refractivity contribution < 1.29 is 43.6 Å². The van der Waals surface area contributed by atoms with Gasteiger partial charge in [-0.3, -0.25) is 18.9 Å². The number of carbonyl (C=O) groups is 4. The molecule has 632 valence electrons. The maximum Gasteiger partial charge on any atom is 0.488 e. The number of anilines is 1. The molecule has 0 aliphatic carbocycles. The van der Waals surface area contributed by atoms with Gasteiger partial charge in [-0.1, -0.05) is 217 Å². The number of carboxylic acid groups (broad SMARTS) is 1. The minimum Gasteiger partial charge on any atom is -0.478 e. The molecule has 6 N–H and O–H groups in total. The molecule has 0 atom stereocenters. The van der Waals surface area contributed by atoms with E-state index in [2.05, 4.69) is 351 Å². The summed E-state index contributed by atoms with van der Waals surface area (Å²) in [6.45, 7) is 22.1. The van der Waals surface area contributed by atoms with Crippen molar-refractivity contribution >= 4 is 292 Å². The zero-order valence-corrected chi connectivity index (χ0v) is 80.6. The molecule has 33 heteroatoms. The fraction of sp³-hybridized carbons (Fsp3) is 0.0105. The molecule has 20 nitrogen and oxygen atoms in total. The first-order valence-electron chi connectivity index (χ1n) is 36.6. The topological polar surface area (TPSA) is 293 Å². The van der Waals surface area contributed by atoms with E-state index in [1.165, 1.54) is 50.5 Å². The van der Waals surface area contributed by atoms with Gasteiger partial charge in [-0.15, -0.1) is 0 Å². The second kappa shape index (κ2) is 45.3. The van der Waals surface area contributed by atoms with E-state index in [4.69, 9.17) is 41.1 Å². The summed E-state index contributed by atoms with van der Waals surface area (Å²) >= 11 is 39.1. The lowest BCUT2D eigenvalue weighted by Crippen LogP contribution is -2.29. The lowest BCUT2D eigenvalue weighted by Gasteiger charge is -2.14.